The Labute approximate surface area is 128 Å². The summed E-state index contributed by atoms with van der Waals surface area (Å²) in [5.74, 6) is 0.747. The van der Waals surface area contributed by atoms with Crippen LogP contribution in [0.25, 0.3) is 0 Å². The zero-order valence-corrected chi connectivity index (χ0v) is 13.3. The molecule has 2 heterocycles. The predicted octanol–water partition coefficient (Wildman–Crippen LogP) is 3.71. The number of nitrogens with one attached hydrogen (secondary N) is 1. The van der Waals surface area contributed by atoms with E-state index >= 15 is 0 Å². The number of amides is 1. The monoisotopic (exact) mass is 304 g/mol. The second-order valence-electron chi connectivity index (χ2n) is 5.91. The summed E-state index contributed by atoms with van der Waals surface area (Å²) in [6.45, 7) is 7.66. The lowest BCUT2D eigenvalue weighted by Crippen LogP contribution is -2.33. The van der Waals surface area contributed by atoms with Crippen LogP contribution in [-0.2, 0) is 16.6 Å². The quantitative estimate of drug-likeness (QED) is 0.920. The number of aryl methyl sites for hydroxylation is 3. The minimum atomic E-state index is -0.661. The maximum atomic E-state index is 12.6. The van der Waals surface area contributed by atoms with E-state index in [2.05, 4.69) is 10.5 Å². The summed E-state index contributed by atoms with van der Waals surface area (Å²) in [6, 6.07) is 3.74. The van der Waals surface area contributed by atoms with Crippen molar-refractivity contribution in [2.45, 2.75) is 39.5 Å². The smallest absolute Gasteiger partial charge is 0.235 e. The summed E-state index contributed by atoms with van der Waals surface area (Å²) in [5.41, 5.74) is 3.95. The minimum absolute atomic E-state index is 0.0112. The number of carbonyl (C=O) groups is 1. The molecule has 1 aromatic heterocycles. The topological polar surface area (TPSA) is 55.1 Å². The summed E-state index contributed by atoms with van der Waals surface area (Å²) in [6.07, 6.45) is 0.548. The molecule has 3 rings (SSSR count). The van der Waals surface area contributed by atoms with Crippen molar-refractivity contribution >= 4 is 23.2 Å². The molecule has 4 nitrogen and oxygen atoms in total. The number of hydrogen-bond acceptors (Lipinski definition) is 3. The Bertz CT molecular complexity index is 731. The van der Waals surface area contributed by atoms with Gasteiger partial charge in [-0.15, -0.1) is 0 Å². The molecule has 0 saturated heterocycles. The summed E-state index contributed by atoms with van der Waals surface area (Å²) in [7, 11) is 0. The van der Waals surface area contributed by atoms with Gasteiger partial charge in [-0.1, -0.05) is 16.8 Å². The third kappa shape index (κ3) is 2.05. The van der Waals surface area contributed by atoms with Crippen LogP contribution in [-0.4, -0.2) is 11.1 Å². The van der Waals surface area contributed by atoms with Crippen LogP contribution in [0.15, 0.2) is 16.7 Å². The van der Waals surface area contributed by atoms with Gasteiger partial charge in [-0.3, -0.25) is 4.79 Å². The van der Waals surface area contributed by atoms with Gasteiger partial charge in [0, 0.05) is 16.3 Å². The predicted molar refractivity (Wildman–Crippen MR) is 81.9 cm³/mol. The first kappa shape index (κ1) is 14.1. The highest BCUT2D eigenvalue weighted by atomic mass is 35.5. The fraction of sp³-hybridized carbons (Fsp3) is 0.375. The number of nitrogens with zero attached hydrogens (tertiary/aromatic N) is 1. The van der Waals surface area contributed by atoms with Gasteiger partial charge < -0.3 is 9.84 Å². The van der Waals surface area contributed by atoms with Gasteiger partial charge in [-0.25, -0.2) is 0 Å². The van der Waals surface area contributed by atoms with E-state index in [0.717, 1.165) is 33.8 Å². The first-order chi connectivity index (χ1) is 9.83. The Hall–Kier alpha value is -1.81. The van der Waals surface area contributed by atoms with Crippen molar-refractivity contribution in [2.24, 2.45) is 0 Å². The van der Waals surface area contributed by atoms with E-state index in [1.165, 1.54) is 0 Å². The lowest BCUT2D eigenvalue weighted by atomic mass is 9.77. The zero-order chi connectivity index (χ0) is 15.4. The van der Waals surface area contributed by atoms with E-state index in [9.17, 15) is 4.79 Å². The van der Waals surface area contributed by atoms with E-state index < -0.39 is 5.41 Å². The van der Waals surface area contributed by atoms with Crippen molar-refractivity contribution in [3.63, 3.8) is 0 Å². The summed E-state index contributed by atoms with van der Waals surface area (Å²) in [4.78, 5) is 12.6. The van der Waals surface area contributed by atoms with E-state index in [-0.39, 0.29) is 5.91 Å². The number of rotatable bonds is 2. The summed E-state index contributed by atoms with van der Waals surface area (Å²) in [5, 5.41) is 7.60. The van der Waals surface area contributed by atoms with Gasteiger partial charge in [0.1, 0.15) is 5.76 Å². The molecule has 0 aliphatic carbocycles. The van der Waals surface area contributed by atoms with Gasteiger partial charge in [0.05, 0.1) is 11.1 Å². The SMILES string of the molecule is Cc1cc(Cl)cc2c1NC(=O)C2(C)Cc1c(C)noc1C. The Kier molecular flexibility index (Phi) is 3.10. The third-order valence-corrected chi connectivity index (χ3v) is 4.56. The molecular weight excluding hydrogens is 288 g/mol. The lowest BCUT2D eigenvalue weighted by molar-refractivity contribution is -0.120. The Morgan fingerprint density at radius 2 is 2.05 bits per heavy atom. The van der Waals surface area contributed by atoms with Gasteiger partial charge >= 0.3 is 0 Å². The molecule has 1 aliphatic heterocycles. The van der Waals surface area contributed by atoms with Crippen LogP contribution < -0.4 is 5.32 Å². The molecule has 0 spiro atoms. The number of benzene rings is 1. The molecule has 0 radical (unpaired) electrons. The molecule has 5 heteroatoms. The standard InChI is InChI=1S/C16H17ClN2O2/c1-8-5-11(17)6-13-14(8)18-15(20)16(13,4)7-12-9(2)19-21-10(12)3/h5-6H,7H2,1-4H3,(H,18,20). The molecule has 2 aromatic rings. The average Bonchev–Trinajstić information content (AvgIpc) is 2.84. The molecule has 1 aromatic carbocycles. The van der Waals surface area contributed by atoms with Crippen LogP contribution in [0, 0.1) is 20.8 Å². The zero-order valence-electron chi connectivity index (χ0n) is 12.5. The van der Waals surface area contributed by atoms with Crippen LogP contribution >= 0.6 is 11.6 Å². The van der Waals surface area contributed by atoms with Crippen molar-refractivity contribution < 1.29 is 9.32 Å². The first-order valence-electron chi connectivity index (χ1n) is 6.87. The third-order valence-electron chi connectivity index (χ3n) is 4.35. The first-order valence-corrected chi connectivity index (χ1v) is 7.24. The van der Waals surface area contributed by atoms with Crippen LogP contribution in [0.2, 0.25) is 5.02 Å². The summed E-state index contributed by atoms with van der Waals surface area (Å²) < 4.78 is 5.21. The minimum Gasteiger partial charge on any atom is -0.361 e. The number of anilines is 1. The Morgan fingerprint density at radius 3 is 2.67 bits per heavy atom. The maximum Gasteiger partial charge on any atom is 0.235 e. The Balaban J connectivity index is 2.13. The normalized spacial score (nSPS) is 20.5. The van der Waals surface area contributed by atoms with Gasteiger partial charge in [0.25, 0.3) is 0 Å². The molecule has 1 N–H and O–H groups in total. The molecule has 0 bridgehead atoms. The van der Waals surface area contributed by atoms with E-state index in [0.29, 0.717) is 11.4 Å². The maximum absolute atomic E-state index is 12.6. The number of carbonyl (C=O) groups excluding carboxylic acids is 1. The largest absolute Gasteiger partial charge is 0.361 e. The molecule has 0 fully saturated rings. The van der Waals surface area contributed by atoms with Gasteiger partial charge in [0.2, 0.25) is 5.91 Å². The average molecular weight is 305 g/mol. The molecule has 1 atom stereocenters. The van der Waals surface area contributed by atoms with E-state index in [1.54, 1.807) is 0 Å². The molecule has 1 amide bonds. The van der Waals surface area contributed by atoms with Gasteiger partial charge in [-0.2, -0.15) is 0 Å². The van der Waals surface area contributed by atoms with Crippen molar-refractivity contribution in [3.8, 4) is 0 Å². The molecule has 1 unspecified atom stereocenters. The Morgan fingerprint density at radius 1 is 1.33 bits per heavy atom. The summed E-state index contributed by atoms with van der Waals surface area (Å²) >= 11 is 6.18. The van der Waals surface area contributed by atoms with Crippen molar-refractivity contribution in [1.29, 1.82) is 0 Å². The van der Waals surface area contributed by atoms with Crippen molar-refractivity contribution in [3.05, 3.63) is 45.3 Å². The molecule has 1 aliphatic rings. The van der Waals surface area contributed by atoms with E-state index in [1.807, 2.05) is 39.8 Å². The highest BCUT2D eigenvalue weighted by molar-refractivity contribution is 6.31. The molecule has 21 heavy (non-hydrogen) atoms. The van der Waals surface area contributed by atoms with Gasteiger partial charge in [-0.05, 0) is 57.4 Å². The lowest BCUT2D eigenvalue weighted by Gasteiger charge is -2.22. The molecular formula is C16H17ClN2O2. The van der Waals surface area contributed by atoms with Gasteiger partial charge in [0.15, 0.2) is 0 Å². The number of aromatic nitrogens is 1. The van der Waals surface area contributed by atoms with Crippen LogP contribution in [0.5, 0.6) is 0 Å². The van der Waals surface area contributed by atoms with Crippen LogP contribution in [0.4, 0.5) is 5.69 Å². The van der Waals surface area contributed by atoms with E-state index in [4.69, 9.17) is 16.1 Å². The highest BCUT2D eigenvalue weighted by Crippen LogP contribution is 2.43. The van der Waals surface area contributed by atoms with Crippen molar-refractivity contribution in [1.82, 2.24) is 5.16 Å². The highest BCUT2D eigenvalue weighted by Gasteiger charge is 2.44. The fourth-order valence-corrected chi connectivity index (χ4v) is 3.27. The second kappa shape index (κ2) is 4.60. The second-order valence-corrected chi connectivity index (χ2v) is 6.35. The van der Waals surface area contributed by atoms with Crippen LogP contribution in [0.1, 0.15) is 35.1 Å². The molecule has 110 valence electrons. The van der Waals surface area contributed by atoms with Crippen LogP contribution in [0.3, 0.4) is 0 Å². The fourth-order valence-electron chi connectivity index (χ4n) is 3.00. The number of fused-ring (bicyclic) bond motifs is 1. The number of halogens is 1. The van der Waals surface area contributed by atoms with Crippen molar-refractivity contribution in [2.75, 3.05) is 5.32 Å². The molecule has 0 saturated carbocycles. The number of hydrogen-bond donors (Lipinski definition) is 1.